The van der Waals surface area contributed by atoms with Gasteiger partial charge in [-0.1, -0.05) is 72.3 Å². The van der Waals surface area contributed by atoms with Gasteiger partial charge in [0, 0.05) is 5.69 Å². The minimum Gasteiger partial charge on any atom is -0.476 e. The van der Waals surface area contributed by atoms with Crippen LogP contribution >= 0.6 is 0 Å². The molecule has 0 saturated carbocycles. The van der Waals surface area contributed by atoms with Gasteiger partial charge in [0.1, 0.15) is 5.75 Å². The molecule has 5 rings (SSSR count). The summed E-state index contributed by atoms with van der Waals surface area (Å²) in [4.78, 5) is 15.0. The quantitative estimate of drug-likeness (QED) is 0.346. The number of rotatable bonds is 7. The maximum atomic E-state index is 14.1. The molecule has 6 nitrogen and oxygen atoms in total. The van der Waals surface area contributed by atoms with E-state index in [9.17, 15) is 13.2 Å². The lowest BCUT2D eigenvalue weighted by Gasteiger charge is -2.50. The van der Waals surface area contributed by atoms with Crippen molar-refractivity contribution in [1.82, 2.24) is 0 Å². The van der Waals surface area contributed by atoms with Crippen LogP contribution in [0.5, 0.6) is 5.75 Å². The highest BCUT2D eigenvalue weighted by molar-refractivity contribution is 7.92. The number of carbonyl (C=O) groups excluding carboxylic acids is 1. The third kappa shape index (κ3) is 4.26. The highest BCUT2D eigenvalue weighted by Crippen LogP contribution is 2.38. The van der Waals surface area contributed by atoms with Gasteiger partial charge in [-0.25, -0.2) is 12.7 Å². The zero-order valence-corrected chi connectivity index (χ0v) is 19.9. The van der Waals surface area contributed by atoms with E-state index in [-0.39, 0.29) is 10.8 Å². The van der Waals surface area contributed by atoms with Crippen LogP contribution in [0.25, 0.3) is 0 Å². The summed E-state index contributed by atoms with van der Waals surface area (Å²) < 4.78 is 35.6. The Morgan fingerprint density at radius 3 is 1.89 bits per heavy atom. The molecule has 1 heterocycles. The van der Waals surface area contributed by atoms with Gasteiger partial charge >= 0.3 is 0 Å². The zero-order valence-electron chi connectivity index (χ0n) is 19.1. The van der Waals surface area contributed by atoms with Crippen molar-refractivity contribution in [3.05, 3.63) is 121 Å². The molecule has 4 aromatic rings. The first-order valence-electron chi connectivity index (χ1n) is 11.2. The Morgan fingerprint density at radius 2 is 1.29 bits per heavy atom. The number of amides is 1. The fourth-order valence-corrected chi connectivity index (χ4v) is 5.73. The van der Waals surface area contributed by atoms with E-state index in [2.05, 4.69) is 0 Å². The summed E-state index contributed by atoms with van der Waals surface area (Å²) in [5.74, 6) is 0.175. The first-order valence-corrected chi connectivity index (χ1v) is 12.7. The fourth-order valence-electron chi connectivity index (χ4n) is 4.13. The number of sulfonamides is 1. The number of carbonyl (C=O) groups is 1. The highest BCUT2D eigenvalue weighted by Gasteiger charge is 2.56. The summed E-state index contributed by atoms with van der Waals surface area (Å²) >= 11 is 0. The van der Waals surface area contributed by atoms with Crippen molar-refractivity contribution in [2.45, 2.75) is 24.1 Å². The van der Waals surface area contributed by atoms with Gasteiger partial charge in [-0.3, -0.25) is 9.69 Å². The summed E-state index contributed by atoms with van der Waals surface area (Å²) in [6.45, 7) is 1.90. The van der Waals surface area contributed by atoms with Crippen molar-refractivity contribution < 1.29 is 17.9 Å². The third-order valence-corrected chi connectivity index (χ3v) is 7.70. The van der Waals surface area contributed by atoms with Gasteiger partial charge in [0.2, 0.25) is 6.10 Å². The summed E-state index contributed by atoms with van der Waals surface area (Å²) in [5, 5.41) is 0. The summed E-state index contributed by atoms with van der Waals surface area (Å²) in [6, 6.07) is 33.5. The number of β-lactam (4-membered cyclic amide) rings is 1. The van der Waals surface area contributed by atoms with E-state index in [0.717, 1.165) is 5.56 Å². The Balaban J connectivity index is 1.65. The number of para-hydroxylation sites is 3. The van der Waals surface area contributed by atoms with Crippen LogP contribution < -0.4 is 13.9 Å². The second kappa shape index (κ2) is 9.27. The topological polar surface area (TPSA) is 66.9 Å². The third-order valence-electron chi connectivity index (χ3n) is 5.89. The molecule has 0 unspecified atom stereocenters. The molecule has 35 heavy (non-hydrogen) atoms. The first-order chi connectivity index (χ1) is 17.0. The molecule has 7 heteroatoms. The highest BCUT2D eigenvalue weighted by atomic mass is 32.2. The van der Waals surface area contributed by atoms with Crippen molar-refractivity contribution in [1.29, 1.82) is 0 Å². The molecule has 1 aliphatic heterocycles. The van der Waals surface area contributed by atoms with Gasteiger partial charge in [0.05, 0.1) is 10.6 Å². The molecule has 0 spiro atoms. The van der Waals surface area contributed by atoms with Gasteiger partial charge in [-0.2, -0.15) is 0 Å². The molecule has 176 valence electrons. The van der Waals surface area contributed by atoms with E-state index in [0.29, 0.717) is 17.1 Å². The molecule has 0 N–H and O–H groups in total. The van der Waals surface area contributed by atoms with E-state index in [1.807, 2.05) is 37.3 Å². The zero-order chi connectivity index (χ0) is 24.4. The normalized spacial score (nSPS) is 17.5. The van der Waals surface area contributed by atoms with Crippen LogP contribution in [-0.2, 0) is 14.8 Å². The molecule has 0 aliphatic carbocycles. The summed E-state index contributed by atoms with van der Waals surface area (Å²) in [6.07, 6.45) is -1.96. The van der Waals surface area contributed by atoms with Gasteiger partial charge in [-0.15, -0.1) is 0 Å². The van der Waals surface area contributed by atoms with E-state index in [1.54, 1.807) is 84.9 Å². The van der Waals surface area contributed by atoms with E-state index < -0.39 is 22.3 Å². The minimum atomic E-state index is -4.06. The molecule has 2 atom stereocenters. The molecule has 0 bridgehead atoms. The lowest BCUT2D eigenvalue weighted by Crippen LogP contribution is -2.74. The van der Waals surface area contributed by atoms with E-state index in [4.69, 9.17) is 4.74 Å². The van der Waals surface area contributed by atoms with Crippen molar-refractivity contribution in [2.75, 3.05) is 9.21 Å². The Labute approximate surface area is 205 Å². The average Bonchev–Trinajstić information content (AvgIpc) is 2.89. The Kier molecular flexibility index (Phi) is 6.01. The van der Waals surface area contributed by atoms with Crippen LogP contribution in [0.2, 0.25) is 0 Å². The molecule has 4 aromatic carbocycles. The second-order valence-electron chi connectivity index (χ2n) is 8.26. The maximum absolute atomic E-state index is 14.1. The number of benzene rings is 4. The van der Waals surface area contributed by atoms with Crippen LogP contribution in [-0.4, -0.2) is 26.6 Å². The molecule has 0 radical (unpaired) electrons. The number of aryl methyl sites for hydroxylation is 1. The molecule has 1 saturated heterocycles. The SMILES string of the molecule is Cc1ccc(S(=O)(=O)N(c2ccccc2)[C@@H]2[C@@H](Oc3ccccc3)C(=O)N2c2ccccc2)cc1. The average molecular weight is 485 g/mol. The summed E-state index contributed by atoms with van der Waals surface area (Å²) in [7, 11) is -4.06. The Bertz CT molecular complexity index is 1410. The number of anilines is 2. The van der Waals surface area contributed by atoms with E-state index in [1.165, 1.54) is 9.21 Å². The van der Waals surface area contributed by atoms with Gasteiger partial charge in [0.15, 0.2) is 6.17 Å². The molecule has 1 amide bonds. The van der Waals surface area contributed by atoms with Crippen LogP contribution in [0.15, 0.2) is 120 Å². The smallest absolute Gasteiger partial charge is 0.274 e. The lowest BCUT2D eigenvalue weighted by atomic mass is 10.0. The van der Waals surface area contributed by atoms with E-state index >= 15 is 0 Å². The van der Waals surface area contributed by atoms with Crippen LogP contribution in [0.4, 0.5) is 11.4 Å². The number of ether oxygens (including phenoxy) is 1. The predicted octanol–water partition coefficient (Wildman–Crippen LogP) is 5.01. The number of nitrogens with zero attached hydrogens (tertiary/aromatic N) is 2. The first kappa shape index (κ1) is 22.7. The van der Waals surface area contributed by atoms with Gasteiger partial charge in [-0.05, 0) is 55.5 Å². The Morgan fingerprint density at radius 1 is 0.743 bits per heavy atom. The molecule has 0 aromatic heterocycles. The van der Waals surface area contributed by atoms with Crippen molar-refractivity contribution in [2.24, 2.45) is 0 Å². The molecular formula is C28H24N2O4S. The van der Waals surface area contributed by atoms with Crippen molar-refractivity contribution >= 4 is 27.3 Å². The van der Waals surface area contributed by atoms with Crippen molar-refractivity contribution in [3.63, 3.8) is 0 Å². The molecular weight excluding hydrogens is 460 g/mol. The minimum absolute atomic E-state index is 0.137. The monoisotopic (exact) mass is 484 g/mol. The molecule has 1 fully saturated rings. The fraction of sp³-hybridized carbons (Fsp3) is 0.107. The maximum Gasteiger partial charge on any atom is 0.274 e. The summed E-state index contributed by atoms with van der Waals surface area (Å²) in [5.41, 5.74) is 1.98. The predicted molar refractivity (Wildman–Crippen MR) is 136 cm³/mol. The number of hydrogen-bond acceptors (Lipinski definition) is 4. The number of hydrogen-bond donors (Lipinski definition) is 0. The van der Waals surface area contributed by atoms with Gasteiger partial charge in [0.25, 0.3) is 15.9 Å². The largest absolute Gasteiger partial charge is 0.476 e. The second-order valence-corrected chi connectivity index (χ2v) is 10.1. The lowest BCUT2D eigenvalue weighted by molar-refractivity contribution is -0.134. The molecule has 1 aliphatic rings. The van der Waals surface area contributed by atoms with Crippen LogP contribution in [0, 0.1) is 6.92 Å². The van der Waals surface area contributed by atoms with Crippen molar-refractivity contribution in [3.8, 4) is 5.75 Å². The van der Waals surface area contributed by atoms with Gasteiger partial charge < -0.3 is 4.74 Å². The Hall–Kier alpha value is -4.10. The van der Waals surface area contributed by atoms with Crippen LogP contribution in [0.3, 0.4) is 0 Å². The van der Waals surface area contributed by atoms with Crippen LogP contribution in [0.1, 0.15) is 5.56 Å². The standard InChI is InChI=1S/C28H24N2O4S/c1-21-17-19-25(20-18-21)35(32,33)30(23-13-7-3-8-14-23)27-26(34-24-15-9-4-10-16-24)28(31)29(27)22-11-5-2-6-12-22/h2-20,26-27H,1H3/t26-,27-/m1/s1.